The molecule has 0 spiro atoms. The highest BCUT2D eigenvalue weighted by Gasteiger charge is 2.20. The molecule has 0 saturated carbocycles. The van der Waals surface area contributed by atoms with Crippen molar-refractivity contribution >= 4 is 82.7 Å². The molecule has 0 radical (unpaired) electrons. The van der Waals surface area contributed by atoms with Crippen LogP contribution >= 0.6 is 11.8 Å². The quantitative estimate of drug-likeness (QED) is 0.169. The number of para-hydroxylation sites is 1. The highest BCUT2D eigenvalue weighted by molar-refractivity contribution is 8.03. The van der Waals surface area contributed by atoms with Gasteiger partial charge in [-0.05, 0) is 126 Å². The lowest BCUT2D eigenvalue weighted by atomic mass is 9.84. The van der Waals surface area contributed by atoms with Crippen LogP contribution in [0.4, 0.5) is 0 Å². The summed E-state index contributed by atoms with van der Waals surface area (Å²) in [7, 11) is 0. The number of hydrogen-bond donors (Lipinski definition) is 0. The van der Waals surface area contributed by atoms with Crippen LogP contribution in [0.2, 0.25) is 0 Å². The van der Waals surface area contributed by atoms with Crippen LogP contribution in [0.3, 0.4) is 0 Å². The maximum Gasteiger partial charge on any atom is 0.136 e. The number of thioether (sulfide) groups is 1. The summed E-state index contributed by atoms with van der Waals surface area (Å²) in [6.07, 6.45) is 21.0. The molecule has 8 aromatic rings. The van der Waals surface area contributed by atoms with Crippen molar-refractivity contribution in [1.82, 2.24) is 0 Å². The van der Waals surface area contributed by atoms with E-state index in [1.807, 2.05) is 17.8 Å². The van der Waals surface area contributed by atoms with Crippen molar-refractivity contribution in [3.63, 3.8) is 0 Å². The van der Waals surface area contributed by atoms with Crippen LogP contribution < -0.4 is 0 Å². The van der Waals surface area contributed by atoms with E-state index in [1.54, 1.807) is 0 Å². The molecule has 10 rings (SSSR count). The van der Waals surface area contributed by atoms with Gasteiger partial charge in [-0.3, -0.25) is 0 Å². The Morgan fingerprint density at radius 2 is 1.22 bits per heavy atom. The second-order valence-corrected chi connectivity index (χ2v) is 15.5. The molecule has 258 valence electrons. The average molecular weight is 711 g/mol. The van der Waals surface area contributed by atoms with Crippen molar-refractivity contribution in [2.45, 2.75) is 31.1 Å². The van der Waals surface area contributed by atoms with Crippen LogP contribution in [0, 0.1) is 0 Å². The van der Waals surface area contributed by atoms with Crippen LogP contribution in [-0.4, -0.2) is 0 Å². The molecule has 1 aliphatic heterocycles. The molecule has 1 nitrogen and oxygen atoms in total. The van der Waals surface area contributed by atoms with Crippen LogP contribution in [0.15, 0.2) is 190 Å². The first-order chi connectivity index (χ1) is 26.7. The Morgan fingerprint density at radius 3 is 1.98 bits per heavy atom. The standard InChI is InChI=1S/C52H38OS/c1-34(25-28-41-30-40-29-38-31-47-42-19-13-14-24-48(42)53-49(47)32-39(38)33-50(40)54-41)51-43-20-9-11-22-45(43)52(46-23-12-10-21-44(46)51)37-18-6-3-2-5-17-36(26-27-37)35-15-7-4-8-16-35/h2-16,19-29,31-33H,17-18,30H2,1H3/b5-2-,6-3-,34-25+,36-26+,37-27+,41-28+. The summed E-state index contributed by atoms with van der Waals surface area (Å²) in [5.74, 6) is 0. The summed E-state index contributed by atoms with van der Waals surface area (Å²) >= 11 is 1.89. The van der Waals surface area contributed by atoms with E-state index < -0.39 is 0 Å². The number of fused-ring (bicyclic) bond motifs is 7. The summed E-state index contributed by atoms with van der Waals surface area (Å²) in [6.45, 7) is 2.28. The molecule has 0 N–H and O–H groups in total. The zero-order valence-electron chi connectivity index (χ0n) is 30.2. The molecule has 7 aromatic carbocycles. The summed E-state index contributed by atoms with van der Waals surface area (Å²) in [4.78, 5) is 2.70. The second kappa shape index (κ2) is 13.7. The van der Waals surface area contributed by atoms with Crippen molar-refractivity contribution in [2.75, 3.05) is 0 Å². The van der Waals surface area contributed by atoms with Crippen LogP contribution in [0.5, 0.6) is 0 Å². The summed E-state index contributed by atoms with van der Waals surface area (Å²) in [5, 5.41) is 10.0. The van der Waals surface area contributed by atoms with Crippen molar-refractivity contribution in [3.8, 4) is 0 Å². The maximum atomic E-state index is 6.21. The van der Waals surface area contributed by atoms with Crippen LogP contribution in [0.1, 0.15) is 42.0 Å². The third kappa shape index (κ3) is 5.84. The van der Waals surface area contributed by atoms with E-state index >= 15 is 0 Å². The number of furan rings is 1. The summed E-state index contributed by atoms with van der Waals surface area (Å²) < 4.78 is 6.21. The Morgan fingerprint density at radius 1 is 0.593 bits per heavy atom. The molecule has 0 amide bonds. The van der Waals surface area contributed by atoms with Gasteiger partial charge in [0.15, 0.2) is 0 Å². The monoisotopic (exact) mass is 710 g/mol. The fraction of sp³-hybridized carbons (Fsp3) is 0.0769. The third-order valence-corrected chi connectivity index (χ3v) is 12.1. The predicted molar refractivity (Wildman–Crippen MR) is 234 cm³/mol. The molecular weight excluding hydrogens is 673 g/mol. The SMILES string of the molecule is C/C(=C\C=C1/Cc2cc3cc4c(cc3cc2S1)oc1ccccc14)c1c2ccccc2c(/C2=C/C=C(/c3ccccc3)C/C=C\C=C/C2)c2ccccc12. The zero-order valence-corrected chi connectivity index (χ0v) is 31.0. The lowest BCUT2D eigenvalue weighted by Gasteiger charge is -2.19. The first kappa shape index (κ1) is 32.6. The van der Waals surface area contributed by atoms with Crippen molar-refractivity contribution in [2.24, 2.45) is 0 Å². The molecule has 0 atom stereocenters. The number of rotatable bonds is 4. The Labute approximate surface area is 320 Å². The van der Waals surface area contributed by atoms with Gasteiger partial charge in [-0.1, -0.05) is 157 Å². The number of hydrogen-bond acceptors (Lipinski definition) is 2. The third-order valence-electron chi connectivity index (χ3n) is 11.0. The Hall–Kier alpha value is -6.09. The molecule has 0 fully saturated rings. The van der Waals surface area contributed by atoms with Crippen molar-refractivity contribution < 1.29 is 4.42 Å². The molecule has 0 bridgehead atoms. The number of benzene rings is 7. The van der Waals surface area contributed by atoms with Gasteiger partial charge < -0.3 is 4.42 Å². The second-order valence-electron chi connectivity index (χ2n) is 14.4. The van der Waals surface area contributed by atoms with Gasteiger partial charge >= 0.3 is 0 Å². The lowest BCUT2D eigenvalue weighted by Crippen LogP contribution is -1.95. The fourth-order valence-electron chi connectivity index (χ4n) is 8.37. The van der Waals surface area contributed by atoms with Gasteiger partial charge in [0.25, 0.3) is 0 Å². The van der Waals surface area contributed by atoms with E-state index in [4.69, 9.17) is 4.42 Å². The van der Waals surface area contributed by atoms with E-state index in [9.17, 15) is 0 Å². The largest absolute Gasteiger partial charge is 0.456 e. The molecule has 2 heteroatoms. The van der Waals surface area contributed by atoms with Crippen molar-refractivity contribution in [1.29, 1.82) is 0 Å². The van der Waals surface area contributed by atoms with Crippen LogP contribution in [-0.2, 0) is 6.42 Å². The molecule has 1 aromatic heterocycles. The van der Waals surface area contributed by atoms with Gasteiger partial charge in [0.05, 0.1) is 0 Å². The average Bonchev–Trinajstić information content (AvgIpc) is 3.79. The lowest BCUT2D eigenvalue weighted by molar-refractivity contribution is 0.669. The Bertz CT molecular complexity index is 2920. The molecule has 1 aliphatic carbocycles. The van der Waals surface area contributed by atoms with E-state index in [-0.39, 0.29) is 0 Å². The minimum Gasteiger partial charge on any atom is -0.456 e. The van der Waals surface area contributed by atoms with Crippen LogP contribution in [0.25, 0.3) is 71.0 Å². The normalized spacial score (nSPS) is 18.9. The van der Waals surface area contributed by atoms with Gasteiger partial charge in [-0.2, -0.15) is 0 Å². The fourth-order valence-corrected chi connectivity index (χ4v) is 9.47. The van der Waals surface area contributed by atoms with Gasteiger partial charge in [0, 0.05) is 22.1 Å². The van der Waals surface area contributed by atoms with Gasteiger partial charge in [-0.25, -0.2) is 0 Å². The molecule has 2 aliphatic rings. The van der Waals surface area contributed by atoms with Gasteiger partial charge in [0.1, 0.15) is 11.2 Å². The smallest absolute Gasteiger partial charge is 0.136 e. The molecule has 2 heterocycles. The summed E-state index contributed by atoms with van der Waals surface area (Å²) in [6, 6.07) is 46.3. The minimum absolute atomic E-state index is 0.854. The van der Waals surface area contributed by atoms with Gasteiger partial charge in [0.2, 0.25) is 0 Å². The number of allylic oxidation sites excluding steroid dienone is 12. The topological polar surface area (TPSA) is 13.1 Å². The first-order valence-corrected chi connectivity index (χ1v) is 19.6. The highest BCUT2D eigenvalue weighted by Crippen LogP contribution is 2.45. The molecule has 54 heavy (non-hydrogen) atoms. The minimum atomic E-state index is 0.854. The molecular formula is C52H38OS. The van der Waals surface area contributed by atoms with E-state index in [0.29, 0.717) is 0 Å². The van der Waals surface area contributed by atoms with E-state index in [0.717, 1.165) is 30.4 Å². The Kier molecular flexibility index (Phi) is 8.27. The Balaban J connectivity index is 1.04. The summed E-state index contributed by atoms with van der Waals surface area (Å²) in [5.41, 5.74) is 11.1. The highest BCUT2D eigenvalue weighted by atomic mass is 32.2. The maximum absolute atomic E-state index is 6.21. The van der Waals surface area contributed by atoms with E-state index in [1.165, 1.54) is 91.9 Å². The predicted octanol–water partition coefficient (Wildman–Crippen LogP) is 15.1. The first-order valence-electron chi connectivity index (χ1n) is 18.8. The molecule has 0 saturated heterocycles. The zero-order chi connectivity index (χ0) is 36.0. The van der Waals surface area contributed by atoms with Crippen molar-refractivity contribution in [3.05, 3.63) is 203 Å². The molecule has 0 unspecified atom stereocenters. The van der Waals surface area contributed by atoms with E-state index in [2.05, 4.69) is 177 Å². The van der Waals surface area contributed by atoms with Gasteiger partial charge in [-0.15, -0.1) is 0 Å².